The molecule has 78 valence electrons. The molecule has 1 rings (SSSR count). The van der Waals surface area contributed by atoms with E-state index in [9.17, 15) is 0 Å². The molecule has 0 N–H and O–H groups in total. The lowest BCUT2D eigenvalue weighted by atomic mass is 10.2. The van der Waals surface area contributed by atoms with Crippen molar-refractivity contribution in [2.24, 2.45) is 0 Å². The van der Waals surface area contributed by atoms with E-state index in [1.807, 2.05) is 0 Å². The summed E-state index contributed by atoms with van der Waals surface area (Å²) in [4.78, 5) is 2.61. The zero-order valence-electron chi connectivity index (χ0n) is 8.37. The van der Waals surface area contributed by atoms with Gasteiger partial charge in [-0.2, -0.15) is 24.4 Å². The third-order valence-electron chi connectivity index (χ3n) is 2.49. The summed E-state index contributed by atoms with van der Waals surface area (Å²) in [7, 11) is 0. The molecule has 3 heteroatoms. The lowest BCUT2D eigenvalue weighted by Crippen LogP contribution is -2.33. The minimum Gasteiger partial charge on any atom is -0.302 e. The highest BCUT2D eigenvalue weighted by Gasteiger charge is 2.08. The average Bonchev–Trinajstić information content (AvgIpc) is 2.19. The Hall–Kier alpha value is 0.660. The molecule has 13 heavy (non-hydrogen) atoms. The Balaban J connectivity index is 1.86. The van der Waals surface area contributed by atoms with Gasteiger partial charge in [-0.25, -0.2) is 0 Å². The topological polar surface area (TPSA) is 3.24 Å². The molecule has 0 radical (unpaired) electrons. The van der Waals surface area contributed by atoms with Gasteiger partial charge in [-0.05, 0) is 25.1 Å². The van der Waals surface area contributed by atoms with Crippen LogP contribution >= 0.6 is 24.4 Å². The van der Waals surface area contributed by atoms with Gasteiger partial charge in [-0.3, -0.25) is 0 Å². The molecule has 0 aliphatic carbocycles. The van der Waals surface area contributed by atoms with Crippen LogP contribution in [0.2, 0.25) is 0 Å². The lowest BCUT2D eigenvalue weighted by Gasteiger charge is -2.25. The van der Waals surface area contributed by atoms with Crippen LogP contribution in [0.5, 0.6) is 0 Å². The molecule has 1 aliphatic heterocycles. The maximum absolute atomic E-state index is 4.21. The molecule has 0 aromatic heterocycles. The molecule has 1 heterocycles. The van der Waals surface area contributed by atoms with Crippen LogP contribution in [0.25, 0.3) is 0 Å². The van der Waals surface area contributed by atoms with Gasteiger partial charge >= 0.3 is 0 Å². The van der Waals surface area contributed by atoms with Gasteiger partial charge < -0.3 is 4.90 Å². The molecule has 0 aromatic rings. The van der Waals surface area contributed by atoms with Crippen LogP contribution in [-0.2, 0) is 0 Å². The van der Waals surface area contributed by atoms with Gasteiger partial charge in [0.1, 0.15) is 0 Å². The Kier molecular flexibility index (Phi) is 7.23. The van der Waals surface area contributed by atoms with Crippen molar-refractivity contribution in [3.63, 3.8) is 0 Å². The molecule has 0 aromatic carbocycles. The minimum absolute atomic E-state index is 1.06. The van der Waals surface area contributed by atoms with Crippen LogP contribution in [0.4, 0.5) is 0 Å². The van der Waals surface area contributed by atoms with Crippen molar-refractivity contribution in [2.45, 2.75) is 25.7 Å². The van der Waals surface area contributed by atoms with Gasteiger partial charge in [0, 0.05) is 24.6 Å². The van der Waals surface area contributed by atoms with Crippen molar-refractivity contribution in [3.8, 4) is 0 Å². The molecule has 1 aliphatic rings. The first-order valence-corrected chi connectivity index (χ1v) is 7.13. The van der Waals surface area contributed by atoms with Crippen molar-refractivity contribution in [1.29, 1.82) is 0 Å². The third kappa shape index (κ3) is 5.87. The zero-order valence-corrected chi connectivity index (χ0v) is 10.1. The molecule has 1 nitrogen and oxygen atoms in total. The standard InChI is InChI=1S/C10H21NS2/c12-8-4-2-1-3-5-11-6-9-13-10-7-11/h12H,1-10H2. The van der Waals surface area contributed by atoms with Crippen molar-refractivity contribution in [2.75, 3.05) is 36.9 Å². The molecule has 0 bridgehead atoms. The second kappa shape index (κ2) is 8.01. The Morgan fingerprint density at radius 1 is 1.00 bits per heavy atom. The summed E-state index contributed by atoms with van der Waals surface area (Å²) >= 11 is 6.31. The molecule has 0 unspecified atom stereocenters. The number of thiol groups is 1. The molecular weight excluding hydrogens is 198 g/mol. The highest BCUT2D eigenvalue weighted by molar-refractivity contribution is 7.99. The van der Waals surface area contributed by atoms with Crippen molar-refractivity contribution >= 4 is 24.4 Å². The first kappa shape index (κ1) is 11.7. The summed E-state index contributed by atoms with van der Waals surface area (Å²) in [6.07, 6.45) is 5.44. The average molecular weight is 219 g/mol. The predicted octanol–water partition coefficient (Wildman–Crippen LogP) is 2.53. The molecule has 0 spiro atoms. The van der Waals surface area contributed by atoms with Gasteiger partial charge in [-0.15, -0.1) is 0 Å². The fourth-order valence-corrected chi connectivity index (χ4v) is 2.83. The smallest absolute Gasteiger partial charge is 0.00727 e. The van der Waals surface area contributed by atoms with E-state index >= 15 is 0 Å². The summed E-state index contributed by atoms with van der Waals surface area (Å²) in [5, 5.41) is 0. The van der Waals surface area contributed by atoms with E-state index in [0.29, 0.717) is 0 Å². The third-order valence-corrected chi connectivity index (χ3v) is 3.74. The number of unbranched alkanes of at least 4 members (excludes halogenated alkanes) is 3. The van der Waals surface area contributed by atoms with Crippen molar-refractivity contribution < 1.29 is 0 Å². The van der Waals surface area contributed by atoms with Gasteiger partial charge in [0.25, 0.3) is 0 Å². The number of nitrogens with zero attached hydrogens (tertiary/aromatic N) is 1. The monoisotopic (exact) mass is 219 g/mol. The summed E-state index contributed by atoms with van der Waals surface area (Å²) in [6, 6.07) is 0. The molecular formula is C10H21NS2. The Bertz CT molecular complexity index is 113. The number of thioether (sulfide) groups is 1. The second-order valence-corrected chi connectivity index (χ2v) is 5.26. The quantitative estimate of drug-likeness (QED) is 0.540. The summed E-state index contributed by atoms with van der Waals surface area (Å²) in [6.45, 7) is 3.96. The highest BCUT2D eigenvalue weighted by atomic mass is 32.2. The highest BCUT2D eigenvalue weighted by Crippen LogP contribution is 2.10. The van der Waals surface area contributed by atoms with Crippen LogP contribution in [0.15, 0.2) is 0 Å². The van der Waals surface area contributed by atoms with Crippen LogP contribution in [0, 0.1) is 0 Å². The Labute approximate surface area is 92.1 Å². The van der Waals surface area contributed by atoms with E-state index < -0.39 is 0 Å². The number of rotatable bonds is 6. The van der Waals surface area contributed by atoms with Crippen LogP contribution in [0.1, 0.15) is 25.7 Å². The summed E-state index contributed by atoms with van der Waals surface area (Å²) in [5.41, 5.74) is 0. The summed E-state index contributed by atoms with van der Waals surface area (Å²) in [5.74, 6) is 3.74. The first-order valence-electron chi connectivity index (χ1n) is 5.34. The van der Waals surface area contributed by atoms with E-state index in [2.05, 4.69) is 29.3 Å². The van der Waals surface area contributed by atoms with Crippen molar-refractivity contribution in [1.82, 2.24) is 4.90 Å². The first-order chi connectivity index (χ1) is 6.43. The maximum Gasteiger partial charge on any atom is 0.00727 e. The molecule has 0 saturated carbocycles. The zero-order chi connectivity index (χ0) is 9.36. The number of hydrogen-bond acceptors (Lipinski definition) is 3. The van der Waals surface area contributed by atoms with Gasteiger partial charge in [0.2, 0.25) is 0 Å². The largest absolute Gasteiger partial charge is 0.302 e. The van der Waals surface area contributed by atoms with Gasteiger partial charge in [0.15, 0.2) is 0 Å². The molecule has 1 fully saturated rings. The summed E-state index contributed by atoms with van der Waals surface area (Å²) < 4.78 is 0. The Morgan fingerprint density at radius 2 is 1.69 bits per heavy atom. The van der Waals surface area contributed by atoms with E-state index in [1.54, 1.807) is 0 Å². The van der Waals surface area contributed by atoms with Crippen LogP contribution in [0.3, 0.4) is 0 Å². The molecule has 0 atom stereocenters. The van der Waals surface area contributed by atoms with E-state index in [4.69, 9.17) is 0 Å². The minimum atomic E-state index is 1.06. The van der Waals surface area contributed by atoms with E-state index in [1.165, 1.54) is 56.8 Å². The fraction of sp³-hybridized carbons (Fsp3) is 1.00. The Morgan fingerprint density at radius 3 is 2.38 bits per heavy atom. The van der Waals surface area contributed by atoms with E-state index in [-0.39, 0.29) is 0 Å². The second-order valence-electron chi connectivity index (χ2n) is 3.59. The van der Waals surface area contributed by atoms with Gasteiger partial charge in [0.05, 0.1) is 0 Å². The predicted molar refractivity (Wildman–Crippen MR) is 66.1 cm³/mol. The van der Waals surface area contributed by atoms with Crippen LogP contribution < -0.4 is 0 Å². The normalized spacial score (nSPS) is 19.2. The molecule has 0 amide bonds. The SMILES string of the molecule is SCCCCCCN1CCSCC1. The van der Waals surface area contributed by atoms with E-state index in [0.717, 1.165) is 5.75 Å². The lowest BCUT2D eigenvalue weighted by molar-refractivity contribution is 0.294. The van der Waals surface area contributed by atoms with Crippen molar-refractivity contribution in [3.05, 3.63) is 0 Å². The molecule has 1 saturated heterocycles. The van der Waals surface area contributed by atoms with Gasteiger partial charge in [-0.1, -0.05) is 12.8 Å². The van der Waals surface area contributed by atoms with Crippen LogP contribution in [-0.4, -0.2) is 41.8 Å². The number of hydrogen-bond donors (Lipinski definition) is 1. The maximum atomic E-state index is 4.21. The fourth-order valence-electron chi connectivity index (χ4n) is 1.63.